The molecule has 114 valence electrons. The van der Waals surface area contributed by atoms with Crippen molar-refractivity contribution in [3.63, 3.8) is 0 Å². The van der Waals surface area contributed by atoms with Crippen molar-refractivity contribution in [2.45, 2.75) is 43.9 Å². The molecule has 0 radical (unpaired) electrons. The molecule has 2 N–H and O–H groups in total. The molecule has 0 saturated carbocycles. The maximum atomic E-state index is 9.51. The first-order valence-electron chi connectivity index (χ1n) is 7.22. The molecule has 3 unspecified atom stereocenters. The molecule has 1 heterocycles. The molecule has 0 spiro atoms. The molecule has 1 fully saturated rings. The summed E-state index contributed by atoms with van der Waals surface area (Å²) in [7, 11) is 5.42. The van der Waals surface area contributed by atoms with Crippen LogP contribution in [0.1, 0.15) is 26.2 Å². The molecule has 1 saturated heterocycles. The molecule has 0 aromatic heterocycles. The number of hydrogen-bond donors (Lipinski definition) is 2. The number of aliphatic hydroxyl groups excluding tert-OH is 1. The van der Waals surface area contributed by atoms with Crippen molar-refractivity contribution in [3.8, 4) is 0 Å². The second-order valence-electron chi connectivity index (χ2n) is 5.45. The van der Waals surface area contributed by atoms with Crippen molar-refractivity contribution < 1.29 is 14.6 Å². The molecule has 5 nitrogen and oxygen atoms in total. The molecule has 5 heteroatoms. The monoisotopic (exact) mass is 274 g/mol. The number of likely N-dealkylation sites (tertiary alicyclic amines) is 1. The standard InChI is InChI=1S/C14H30N2O3/c1-5-14(11-17,15-2)7-6-8-16-9-12(18-3)13(10-16)19-4/h12-13,15,17H,5-11H2,1-4H3. The zero-order valence-corrected chi connectivity index (χ0v) is 12.8. The van der Waals surface area contributed by atoms with Gasteiger partial charge in [-0.15, -0.1) is 0 Å². The Bertz CT molecular complexity index is 227. The normalized spacial score (nSPS) is 27.6. The van der Waals surface area contributed by atoms with E-state index in [1.165, 1.54) is 0 Å². The quantitative estimate of drug-likeness (QED) is 0.640. The van der Waals surface area contributed by atoms with E-state index >= 15 is 0 Å². The Morgan fingerprint density at radius 1 is 1.26 bits per heavy atom. The number of likely N-dealkylation sites (N-methyl/N-ethyl adjacent to an activating group) is 1. The highest BCUT2D eigenvalue weighted by Gasteiger charge is 2.33. The lowest BCUT2D eigenvalue weighted by molar-refractivity contribution is -0.00461. The van der Waals surface area contributed by atoms with Crippen LogP contribution in [0, 0.1) is 0 Å². The van der Waals surface area contributed by atoms with E-state index in [1.54, 1.807) is 14.2 Å². The number of nitrogens with one attached hydrogen (secondary N) is 1. The maximum Gasteiger partial charge on any atom is 0.0971 e. The summed E-state index contributed by atoms with van der Waals surface area (Å²) in [6.45, 7) is 5.22. The highest BCUT2D eigenvalue weighted by molar-refractivity contribution is 4.88. The smallest absolute Gasteiger partial charge is 0.0971 e. The lowest BCUT2D eigenvalue weighted by Crippen LogP contribution is -2.46. The molecule has 0 amide bonds. The predicted octanol–water partition coefficient (Wildman–Crippen LogP) is 0.473. The van der Waals surface area contributed by atoms with E-state index in [-0.39, 0.29) is 24.4 Å². The number of ether oxygens (including phenoxy) is 2. The molecule has 0 aromatic rings. The van der Waals surface area contributed by atoms with Gasteiger partial charge in [-0.2, -0.15) is 0 Å². The van der Waals surface area contributed by atoms with Crippen LogP contribution in [0.25, 0.3) is 0 Å². The van der Waals surface area contributed by atoms with Gasteiger partial charge in [0.25, 0.3) is 0 Å². The first kappa shape index (κ1) is 16.9. The van der Waals surface area contributed by atoms with Gasteiger partial charge >= 0.3 is 0 Å². The van der Waals surface area contributed by atoms with Crippen LogP contribution in [0.3, 0.4) is 0 Å². The number of methoxy groups -OCH3 is 2. The Morgan fingerprint density at radius 2 is 1.84 bits per heavy atom. The second kappa shape index (κ2) is 8.17. The van der Waals surface area contributed by atoms with Crippen LogP contribution in [-0.2, 0) is 9.47 Å². The average molecular weight is 274 g/mol. The average Bonchev–Trinajstić information content (AvgIpc) is 2.86. The first-order chi connectivity index (χ1) is 9.14. The van der Waals surface area contributed by atoms with E-state index < -0.39 is 0 Å². The lowest BCUT2D eigenvalue weighted by atomic mass is 9.91. The van der Waals surface area contributed by atoms with Crippen molar-refractivity contribution in [2.24, 2.45) is 0 Å². The summed E-state index contributed by atoms with van der Waals surface area (Å²) >= 11 is 0. The minimum atomic E-state index is -0.124. The number of hydrogen-bond acceptors (Lipinski definition) is 5. The third kappa shape index (κ3) is 4.39. The summed E-state index contributed by atoms with van der Waals surface area (Å²) in [4.78, 5) is 2.38. The van der Waals surface area contributed by atoms with Gasteiger partial charge in [0.15, 0.2) is 0 Å². The third-order valence-electron chi connectivity index (χ3n) is 4.54. The van der Waals surface area contributed by atoms with Crippen LogP contribution in [0.4, 0.5) is 0 Å². The lowest BCUT2D eigenvalue weighted by Gasteiger charge is -2.31. The maximum absolute atomic E-state index is 9.51. The van der Waals surface area contributed by atoms with Gasteiger partial charge in [0.2, 0.25) is 0 Å². The molecule has 1 aliphatic heterocycles. The fraction of sp³-hybridized carbons (Fsp3) is 1.00. The number of rotatable bonds is 9. The minimum absolute atomic E-state index is 0.124. The number of nitrogens with zero attached hydrogens (tertiary/aromatic N) is 1. The van der Waals surface area contributed by atoms with Gasteiger partial charge in [0.05, 0.1) is 18.8 Å². The highest BCUT2D eigenvalue weighted by atomic mass is 16.5. The van der Waals surface area contributed by atoms with E-state index in [0.29, 0.717) is 0 Å². The summed E-state index contributed by atoms with van der Waals surface area (Å²) in [5.74, 6) is 0. The Kier molecular flexibility index (Phi) is 7.25. The van der Waals surface area contributed by atoms with Crippen LogP contribution in [0.15, 0.2) is 0 Å². The summed E-state index contributed by atoms with van der Waals surface area (Å²) in [6.07, 6.45) is 3.37. The fourth-order valence-corrected chi connectivity index (χ4v) is 2.84. The minimum Gasteiger partial charge on any atom is -0.394 e. The molecule has 0 bridgehead atoms. The van der Waals surface area contributed by atoms with E-state index in [0.717, 1.165) is 38.9 Å². The van der Waals surface area contributed by atoms with Gasteiger partial charge in [-0.25, -0.2) is 0 Å². The Morgan fingerprint density at radius 3 is 2.21 bits per heavy atom. The second-order valence-corrected chi connectivity index (χ2v) is 5.45. The van der Waals surface area contributed by atoms with Crippen LogP contribution < -0.4 is 5.32 Å². The van der Waals surface area contributed by atoms with E-state index in [9.17, 15) is 5.11 Å². The predicted molar refractivity (Wildman–Crippen MR) is 76.4 cm³/mol. The van der Waals surface area contributed by atoms with Gasteiger partial charge < -0.3 is 19.9 Å². The largest absolute Gasteiger partial charge is 0.394 e. The first-order valence-corrected chi connectivity index (χ1v) is 7.22. The summed E-state index contributed by atoms with van der Waals surface area (Å²) < 4.78 is 10.9. The Hall–Kier alpha value is -0.200. The van der Waals surface area contributed by atoms with Crippen molar-refractivity contribution in [1.29, 1.82) is 0 Å². The SMILES string of the molecule is CCC(CO)(CCCN1CC(OC)C(OC)C1)NC. The molecule has 19 heavy (non-hydrogen) atoms. The van der Waals surface area contributed by atoms with E-state index in [2.05, 4.69) is 17.1 Å². The molecular weight excluding hydrogens is 244 g/mol. The highest BCUT2D eigenvalue weighted by Crippen LogP contribution is 2.19. The molecular formula is C14H30N2O3. The Labute approximate surface area is 117 Å². The Balaban J connectivity index is 2.34. The van der Waals surface area contributed by atoms with Crippen LogP contribution >= 0.6 is 0 Å². The number of aliphatic hydroxyl groups is 1. The fourth-order valence-electron chi connectivity index (χ4n) is 2.84. The zero-order valence-electron chi connectivity index (χ0n) is 12.8. The van der Waals surface area contributed by atoms with E-state index in [1.807, 2.05) is 7.05 Å². The van der Waals surface area contributed by atoms with Gasteiger partial charge in [-0.3, -0.25) is 4.90 Å². The van der Waals surface area contributed by atoms with Crippen LogP contribution in [-0.4, -0.2) is 75.3 Å². The topological polar surface area (TPSA) is 54.0 Å². The van der Waals surface area contributed by atoms with Crippen molar-refractivity contribution in [2.75, 3.05) is 47.5 Å². The molecule has 0 aliphatic carbocycles. The van der Waals surface area contributed by atoms with Crippen molar-refractivity contribution >= 4 is 0 Å². The van der Waals surface area contributed by atoms with Gasteiger partial charge in [-0.05, 0) is 32.9 Å². The van der Waals surface area contributed by atoms with Gasteiger partial charge in [0, 0.05) is 32.8 Å². The molecule has 1 rings (SSSR count). The third-order valence-corrected chi connectivity index (χ3v) is 4.54. The summed E-state index contributed by atoms with van der Waals surface area (Å²) in [5.41, 5.74) is -0.124. The van der Waals surface area contributed by atoms with Crippen molar-refractivity contribution in [1.82, 2.24) is 10.2 Å². The van der Waals surface area contributed by atoms with Crippen LogP contribution in [0.5, 0.6) is 0 Å². The summed E-state index contributed by atoms with van der Waals surface area (Å²) in [5, 5.41) is 12.8. The van der Waals surface area contributed by atoms with Gasteiger partial charge in [-0.1, -0.05) is 6.92 Å². The molecule has 3 atom stereocenters. The molecule has 0 aromatic carbocycles. The van der Waals surface area contributed by atoms with Crippen molar-refractivity contribution in [3.05, 3.63) is 0 Å². The molecule has 1 aliphatic rings. The van der Waals surface area contributed by atoms with E-state index in [4.69, 9.17) is 9.47 Å². The zero-order chi connectivity index (χ0) is 14.3. The van der Waals surface area contributed by atoms with Crippen LogP contribution in [0.2, 0.25) is 0 Å². The van der Waals surface area contributed by atoms with Gasteiger partial charge in [0.1, 0.15) is 0 Å². The summed E-state index contributed by atoms with van der Waals surface area (Å²) in [6, 6.07) is 0.